The topological polar surface area (TPSA) is 53.5 Å². The maximum absolute atomic E-state index is 6.30. The fourth-order valence-corrected chi connectivity index (χ4v) is 5.11. The number of rotatable bonds is 5. The van der Waals surface area contributed by atoms with Gasteiger partial charge in [0.25, 0.3) is 0 Å². The number of fused-ring (bicyclic) bond motifs is 2. The molecule has 0 bridgehead atoms. The van der Waals surface area contributed by atoms with Crippen molar-refractivity contribution in [2.75, 3.05) is 14.2 Å². The molecule has 3 heterocycles. The van der Waals surface area contributed by atoms with Crippen molar-refractivity contribution >= 4 is 60.7 Å². The predicted molar refractivity (Wildman–Crippen MR) is 133 cm³/mol. The normalized spacial score (nSPS) is 11.1. The third-order valence-electron chi connectivity index (χ3n) is 4.95. The fraction of sp³-hybridized carbons (Fsp3) is 0.0833. The van der Waals surface area contributed by atoms with Crippen molar-refractivity contribution in [2.45, 2.75) is 0 Å². The number of hydrogen-bond donors (Lipinski definition) is 0. The van der Waals surface area contributed by atoms with Gasteiger partial charge in [0, 0.05) is 27.4 Å². The molecule has 5 rings (SSSR count). The second kappa shape index (κ2) is 8.58. The largest absolute Gasteiger partial charge is 0.493 e. The van der Waals surface area contributed by atoms with E-state index in [1.54, 1.807) is 14.2 Å². The van der Waals surface area contributed by atoms with Crippen LogP contribution in [0.2, 0.25) is 4.34 Å². The lowest BCUT2D eigenvalue weighted by Crippen LogP contribution is -1.95. The summed E-state index contributed by atoms with van der Waals surface area (Å²) in [5, 5.41) is 1.89. The van der Waals surface area contributed by atoms with Crippen LogP contribution in [0.3, 0.4) is 0 Å². The molecule has 0 aliphatic rings. The minimum Gasteiger partial charge on any atom is -0.493 e. The number of thiophene rings is 1. The average molecular weight is 528 g/mol. The van der Waals surface area contributed by atoms with Gasteiger partial charge in [-0.3, -0.25) is 0 Å². The number of hydrogen-bond acceptors (Lipinski definition) is 6. The molecule has 0 amide bonds. The molecular weight excluding hydrogens is 512 g/mol. The molecule has 0 saturated carbocycles. The van der Waals surface area contributed by atoms with Crippen molar-refractivity contribution in [2.24, 2.45) is 0 Å². The molecule has 8 heteroatoms. The van der Waals surface area contributed by atoms with Gasteiger partial charge in [0.05, 0.1) is 30.1 Å². The SMILES string of the molecule is COc1cc2ccc(Oc3cc4ccccc4nc3-c3cc(Br)c(Cl)s3)nc2cc1OC. The number of halogens is 2. The van der Waals surface area contributed by atoms with E-state index < -0.39 is 0 Å². The van der Waals surface area contributed by atoms with Gasteiger partial charge in [-0.1, -0.05) is 29.8 Å². The zero-order valence-corrected chi connectivity index (χ0v) is 20.2. The Labute approximate surface area is 201 Å². The van der Waals surface area contributed by atoms with Crippen LogP contribution < -0.4 is 14.2 Å². The first-order valence-corrected chi connectivity index (χ1v) is 11.6. The van der Waals surface area contributed by atoms with Crippen molar-refractivity contribution < 1.29 is 14.2 Å². The predicted octanol–water partition coefficient (Wildman–Crippen LogP) is 7.74. The minimum absolute atomic E-state index is 0.449. The van der Waals surface area contributed by atoms with Crippen molar-refractivity contribution in [3.63, 3.8) is 0 Å². The van der Waals surface area contributed by atoms with E-state index >= 15 is 0 Å². The summed E-state index contributed by atoms with van der Waals surface area (Å²) in [5.74, 6) is 2.30. The third kappa shape index (κ3) is 3.88. The first kappa shape index (κ1) is 21.0. The summed E-state index contributed by atoms with van der Waals surface area (Å²) in [5.41, 5.74) is 2.31. The molecule has 5 aromatic rings. The standard InChI is InChI=1S/C24H16BrClN2O3S/c1-29-18-9-14-7-8-22(27-17(14)12-19(18)30-2)31-20-10-13-5-3-4-6-16(13)28-23(20)21-11-15(25)24(26)32-21/h3-12H,1-2H3. The molecule has 0 radical (unpaired) electrons. The lowest BCUT2D eigenvalue weighted by atomic mass is 10.1. The van der Waals surface area contributed by atoms with Crippen molar-refractivity contribution in [3.05, 3.63) is 69.5 Å². The van der Waals surface area contributed by atoms with Crippen molar-refractivity contribution in [3.8, 4) is 33.7 Å². The maximum Gasteiger partial charge on any atom is 0.219 e. The number of para-hydroxylation sites is 1. The van der Waals surface area contributed by atoms with Crippen LogP contribution in [0.25, 0.3) is 32.4 Å². The number of aromatic nitrogens is 2. The zero-order valence-electron chi connectivity index (χ0n) is 17.1. The summed E-state index contributed by atoms with van der Waals surface area (Å²) >= 11 is 11.2. The zero-order chi connectivity index (χ0) is 22.2. The summed E-state index contributed by atoms with van der Waals surface area (Å²) in [6.45, 7) is 0. The highest BCUT2D eigenvalue weighted by atomic mass is 79.9. The number of pyridine rings is 2. The highest BCUT2D eigenvalue weighted by molar-refractivity contribution is 9.10. The number of methoxy groups -OCH3 is 2. The van der Waals surface area contributed by atoms with Crippen LogP contribution in [0.1, 0.15) is 0 Å². The van der Waals surface area contributed by atoms with E-state index in [4.69, 9.17) is 30.8 Å². The monoisotopic (exact) mass is 526 g/mol. The number of ether oxygens (including phenoxy) is 3. The number of benzene rings is 2. The Balaban J connectivity index is 1.62. The highest BCUT2D eigenvalue weighted by Gasteiger charge is 2.17. The van der Waals surface area contributed by atoms with E-state index in [0.717, 1.165) is 31.2 Å². The smallest absolute Gasteiger partial charge is 0.219 e. The van der Waals surface area contributed by atoms with Gasteiger partial charge in [-0.05, 0) is 46.3 Å². The highest BCUT2D eigenvalue weighted by Crippen LogP contribution is 2.42. The lowest BCUT2D eigenvalue weighted by molar-refractivity contribution is 0.355. The summed E-state index contributed by atoms with van der Waals surface area (Å²) in [6.07, 6.45) is 0. The van der Waals surface area contributed by atoms with E-state index in [1.165, 1.54) is 11.3 Å². The van der Waals surface area contributed by atoms with Gasteiger partial charge >= 0.3 is 0 Å². The molecule has 0 aliphatic carbocycles. The second-order valence-corrected chi connectivity index (χ2v) is 9.42. The first-order valence-electron chi connectivity index (χ1n) is 9.61. The Morgan fingerprint density at radius 2 is 1.53 bits per heavy atom. The minimum atomic E-state index is 0.449. The molecule has 0 fully saturated rings. The van der Waals surface area contributed by atoms with E-state index in [9.17, 15) is 0 Å². The van der Waals surface area contributed by atoms with E-state index in [0.29, 0.717) is 33.2 Å². The van der Waals surface area contributed by atoms with Gasteiger partial charge in [-0.25, -0.2) is 9.97 Å². The average Bonchev–Trinajstić information content (AvgIpc) is 3.15. The molecular formula is C24H16BrClN2O3S. The van der Waals surface area contributed by atoms with Gasteiger partial charge in [-0.15, -0.1) is 11.3 Å². The van der Waals surface area contributed by atoms with Crippen molar-refractivity contribution in [1.29, 1.82) is 0 Å². The van der Waals surface area contributed by atoms with Crippen LogP contribution in [-0.2, 0) is 0 Å². The van der Waals surface area contributed by atoms with Gasteiger partial charge in [0.1, 0.15) is 10.0 Å². The summed E-state index contributed by atoms with van der Waals surface area (Å²) in [4.78, 5) is 10.4. The summed E-state index contributed by atoms with van der Waals surface area (Å²) in [6, 6.07) is 19.3. The van der Waals surface area contributed by atoms with E-state index in [1.807, 2.05) is 60.7 Å². The third-order valence-corrected chi connectivity index (χ3v) is 7.43. The molecule has 0 unspecified atom stereocenters. The van der Waals surface area contributed by atoms with Crippen LogP contribution >= 0.6 is 38.9 Å². The molecule has 0 N–H and O–H groups in total. The van der Waals surface area contributed by atoms with Crippen LogP contribution in [-0.4, -0.2) is 24.2 Å². The van der Waals surface area contributed by atoms with Crippen molar-refractivity contribution in [1.82, 2.24) is 9.97 Å². The van der Waals surface area contributed by atoms with Crippen LogP contribution in [0.5, 0.6) is 23.1 Å². The van der Waals surface area contributed by atoms with Crippen LogP contribution in [0, 0.1) is 0 Å². The Bertz CT molecular complexity index is 1450. The summed E-state index contributed by atoms with van der Waals surface area (Å²) < 4.78 is 18.5. The molecule has 0 spiro atoms. The second-order valence-electron chi connectivity index (χ2n) is 6.91. The Kier molecular flexibility index (Phi) is 5.63. The molecule has 160 valence electrons. The quantitative estimate of drug-likeness (QED) is 0.234. The maximum atomic E-state index is 6.30. The molecule has 0 saturated heterocycles. The Morgan fingerprint density at radius 1 is 0.812 bits per heavy atom. The number of nitrogens with zero attached hydrogens (tertiary/aromatic N) is 2. The van der Waals surface area contributed by atoms with E-state index in [-0.39, 0.29) is 0 Å². The fourth-order valence-electron chi connectivity index (χ4n) is 3.41. The van der Waals surface area contributed by atoms with Gasteiger partial charge in [0.15, 0.2) is 17.2 Å². The van der Waals surface area contributed by atoms with Crippen LogP contribution in [0.4, 0.5) is 0 Å². The molecule has 5 nitrogen and oxygen atoms in total. The lowest BCUT2D eigenvalue weighted by Gasteiger charge is -2.12. The first-order chi connectivity index (χ1) is 15.6. The molecule has 0 atom stereocenters. The summed E-state index contributed by atoms with van der Waals surface area (Å²) in [7, 11) is 3.21. The Hall–Kier alpha value is -2.87. The molecule has 2 aromatic carbocycles. The molecule has 3 aromatic heterocycles. The molecule has 0 aliphatic heterocycles. The molecule has 32 heavy (non-hydrogen) atoms. The Morgan fingerprint density at radius 3 is 2.28 bits per heavy atom. The van der Waals surface area contributed by atoms with Gasteiger partial charge in [0.2, 0.25) is 5.88 Å². The van der Waals surface area contributed by atoms with Crippen LogP contribution in [0.15, 0.2) is 65.1 Å². The van der Waals surface area contributed by atoms with Gasteiger partial charge in [-0.2, -0.15) is 0 Å². The van der Waals surface area contributed by atoms with E-state index in [2.05, 4.69) is 20.9 Å². The van der Waals surface area contributed by atoms with Gasteiger partial charge < -0.3 is 14.2 Å².